The average Bonchev–Trinajstić information content (AvgIpc) is 3.57. The Morgan fingerprint density at radius 3 is 2.64 bits per heavy atom. The predicted molar refractivity (Wildman–Crippen MR) is 134 cm³/mol. The van der Waals surface area contributed by atoms with Gasteiger partial charge >= 0.3 is 5.97 Å². The van der Waals surface area contributed by atoms with Crippen LogP contribution in [-0.4, -0.2) is 88.5 Å². The average molecular weight is 493 g/mol. The molecule has 0 spiro atoms. The number of aromatic nitrogens is 4. The Balaban J connectivity index is 1.14. The molecule has 188 valence electrons. The van der Waals surface area contributed by atoms with E-state index in [1.165, 1.54) is 4.52 Å². The van der Waals surface area contributed by atoms with Crippen molar-refractivity contribution in [3.63, 3.8) is 0 Å². The number of carboxylic acids is 1. The second kappa shape index (κ2) is 10.1. The van der Waals surface area contributed by atoms with Crippen LogP contribution in [0.4, 0.5) is 17.6 Å². The number of hydrogen-bond acceptors (Lipinski definition) is 10. The molecule has 3 N–H and O–H groups in total. The SMILES string of the molecule is CN(CCN1CCN(c2ccc(OCC(=O)O)cc2)CC1)c1nc(N)n2nc(-c3ccco3)cc2n1. The number of anilines is 3. The van der Waals surface area contributed by atoms with Crippen molar-refractivity contribution < 1.29 is 19.1 Å². The summed E-state index contributed by atoms with van der Waals surface area (Å²) in [7, 11) is 1.96. The van der Waals surface area contributed by atoms with E-state index < -0.39 is 5.97 Å². The van der Waals surface area contributed by atoms with Gasteiger partial charge in [-0.3, -0.25) is 4.90 Å². The van der Waals surface area contributed by atoms with Crippen molar-refractivity contribution in [2.75, 3.05) is 68.5 Å². The third kappa shape index (κ3) is 5.18. The summed E-state index contributed by atoms with van der Waals surface area (Å²) in [5.74, 6) is 1.04. The van der Waals surface area contributed by atoms with Crippen molar-refractivity contribution in [2.24, 2.45) is 0 Å². The fraction of sp³-hybridized carbons (Fsp3) is 0.333. The fourth-order valence-corrected chi connectivity index (χ4v) is 4.13. The molecule has 12 heteroatoms. The van der Waals surface area contributed by atoms with Gasteiger partial charge in [0.2, 0.25) is 11.9 Å². The van der Waals surface area contributed by atoms with Crippen LogP contribution in [0, 0.1) is 0 Å². The number of rotatable bonds is 9. The minimum Gasteiger partial charge on any atom is -0.482 e. The highest BCUT2D eigenvalue weighted by atomic mass is 16.5. The highest BCUT2D eigenvalue weighted by Gasteiger charge is 2.19. The van der Waals surface area contributed by atoms with Gasteiger partial charge in [-0.1, -0.05) is 0 Å². The molecule has 4 heterocycles. The minimum atomic E-state index is -0.988. The number of benzene rings is 1. The van der Waals surface area contributed by atoms with Crippen molar-refractivity contribution in [3.05, 3.63) is 48.7 Å². The zero-order chi connectivity index (χ0) is 25.1. The molecule has 0 unspecified atom stereocenters. The van der Waals surface area contributed by atoms with E-state index >= 15 is 0 Å². The normalized spacial score (nSPS) is 14.3. The van der Waals surface area contributed by atoms with Crippen LogP contribution in [0.2, 0.25) is 0 Å². The van der Waals surface area contributed by atoms with Crippen molar-refractivity contribution in [3.8, 4) is 17.2 Å². The zero-order valence-corrected chi connectivity index (χ0v) is 19.9. The summed E-state index contributed by atoms with van der Waals surface area (Å²) >= 11 is 0. The van der Waals surface area contributed by atoms with Crippen LogP contribution >= 0.6 is 0 Å². The molecule has 12 nitrogen and oxygen atoms in total. The first-order valence-electron chi connectivity index (χ1n) is 11.7. The Kier molecular flexibility index (Phi) is 6.58. The van der Waals surface area contributed by atoms with Gasteiger partial charge in [0.05, 0.1) is 6.26 Å². The van der Waals surface area contributed by atoms with Crippen molar-refractivity contribution in [1.29, 1.82) is 0 Å². The summed E-state index contributed by atoms with van der Waals surface area (Å²) in [5.41, 5.74) is 8.52. The number of nitrogens with zero attached hydrogens (tertiary/aromatic N) is 7. The number of carbonyl (C=O) groups is 1. The third-order valence-electron chi connectivity index (χ3n) is 6.14. The number of nitrogens with two attached hydrogens (primary N) is 1. The van der Waals surface area contributed by atoms with Gasteiger partial charge in [-0.25, -0.2) is 4.79 Å². The Morgan fingerprint density at radius 1 is 1.17 bits per heavy atom. The summed E-state index contributed by atoms with van der Waals surface area (Å²) in [6.07, 6.45) is 1.60. The maximum absolute atomic E-state index is 10.6. The molecule has 0 atom stereocenters. The van der Waals surface area contributed by atoms with Crippen LogP contribution in [0.5, 0.6) is 5.75 Å². The Labute approximate surface area is 207 Å². The maximum Gasteiger partial charge on any atom is 0.341 e. The molecule has 0 aliphatic carbocycles. The van der Waals surface area contributed by atoms with Crippen molar-refractivity contribution in [1.82, 2.24) is 24.5 Å². The van der Waals surface area contributed by atoms with E-state index in [1.807, 2.05) is 42.3 Å². The lowest BCUT2D eigenvalue weighted by molar-refractivity contribution is -0.139. The van der Waals surface area contributed by atoms with Crippen LogP contribution in [0.25, 0.3) is 17.1 Å². The Bertz CT molecular complexity index is 1310. The van der Waals surface area contributed by atoms with E-state index in [0.717, 1.165) is 45.0 Å². The monoisotopic (exact) mass is 492 g/mol. The largest absolute Gasteiger partial charge is 0.482 e. The zero-order valence-electron chi connectivity index (χ0n) is 19.9. The fourth-order valence-electron chi connectivity index (χ4n) is 4.13. The standard InChI is InChI=1S/C24H28N8O4/c1-29(24-26-21-15-19(20-3-2-14-35-20)28-32(21)23(25)27-24)8-9-30-10-12-31(13-11-30)17-4-6-18(7-5-17)36-16-22(33)34/h2-7,14-15H,8-13,16H2,1H3,(H,33,34)(H2,25,26,27). The van der Waals surface area contributed by atoms with E-state index in [1.54, 1.807) is 18.4 Å². The van der Waals surface area contributed by atoms with Gasteiger partial charge in [-0.05, 0) is 36.4 Å². The molecule has 4 aromatic rings. The van der Waals surface area contributed by atoms with Gasteiger partial charge in [0.1, 0.15) is 11.4 Å². The predicted octanol–water partition coefficient (Wildman–Crippen LogP) is 1.69. The number of likely N-dealkylation sites (N-methyl/N-ethyl adjacent to an activating group) is 1. The summed E-state index contributed by atoms with van der Waals surface area (Å²) in [4.78, 5) is 26.4. The number of piperazine rings is 1. The molecular weight excluding hydrogens is 464 g/mol. The van der Waals surface area contributed by atoms with E-state index in [9.17, 15) is 4.79 Å². The molecule has 1 aliphatic rings. The molecule has 3 aromatic heterocycles. The molecule has 1 fully saturated rings. The molecule has 0 amide bonds. The number of ether oxygens (including phenoxy) is 1. The van der Waals surface area contributed by atoms with Gasteiger partial charge in [-0.15, -0.1) is 0 Å². The molecule has 0 radical (unpaired) electrons. The third-order valence-corrected chi connectivity index (χ3v) is 6.14. The van der Waals surface area contributed by atoms with E-state index in [4.69, 9.17) is 20.0 Å². The lowest BCUT2D eigenvalue weighted by atomic mass is 10.2. The van der Waals surface area contributed by atoms with Gasteiger partial charge in [-0.2, -0.15) is 19.6 Å². The summed E-state index contributed by atoms with van der Waals surface area (Å²) < 4.78 is 12.1. The summed E-state index contributed by atoms with van der Waals surface area (Å²) in [6.45, 7) is 4.96. The number of nitrogen functional groups attached to an aromatic ring is 1. The first-order chi connectivity index (χ1) is 17.5. The molecule has 0 bridgehead atoms. The number of fused-ring (bicyclic) bond motifs is 1. The van der Waals surface area contributed by atoms with Crippen LogP contribution in [0.1, 0.15) is 0 Å². The highest BCUT2D eigenvalue weighted by Crippen LogP contribution is 2.23. The highest BCUT2D eigenvalue weighted by molar-refractivity contribution is 5.68. The molecule has 0 saturated carbocycles. The van der Waals surface area contributed by atoms with Crippen molar-refractivity contribution >= 4 is 29.2 Å². The van der Waals surface area contributed by atoms with Crippen LogP contribution in [-0.2, 0) is 4.79 Å². The minimum absolute atomic E-state index is 0.271. The maximum atomic E-state index is 10.6. The van der Waals surface area contributed by atoms with E-state index in [-0.39, 0.29) is 12.6 Å². The van der Waals surface area contributed by atoms with Gasteiger partial charge < -0.3 is 29.8 Å². The molecule has 1 aromatic carbocycles. The number of furan rings is 1. The molecule has 1 aliphatic heterocycles. The van der Waals surface area contributed by atoms with Crippen LogP contribution in [0.15, 0.2) is 53.1 Å². The quantitative estimate of drug-likeness (QED) is 0.353. The summed E-state index contributed by atoms with van der Waals surface area (Å²) in [5, 5.41) is 13.2. The Morgan fingerprint density at radius 2 is 1.94 bits per heavy atom. The Hall–Kier alpha value is -4.32. The second-order valence-corrected chi connectivity index (χ2v) is 8.59. The number of carboxylic acid groups (broad SMARTS) is 1. The van der Waals surface area contributed by atoms with E-state index in [2.05, 4.69) is 24.9 Å². The van der Waals surface area contributed by atoms with Gasteiger partial charge in [0.15, 0.2) is 18.0 Å². The topological polar surface area (TPSA) is 138 Å². The van der Waals surface area contributed by atoms with Gasteiger partial charge in [0.25, 0.3) is 0 Å². The van der Waals surface area contributed by atoms with Crippen LogP contribution in [0.3, 0.4) is 0 Å². The smallest absolute Gasteiger partial charge is 0.341 e. The first kappa shape index (κ1) is 23.4. The second-order valence-electron chi connectivity index (χ2n) is 8.59. The molecular formula is C24H28N8O4. The van der Waals surface area contributed by atoms with Gasteiger partial charge in [0, 0.05) is 58.1 Å². The van der Waals surface area contributed by atoms with Crippen LogP contribution < -0.4 is 20.3 Å². The molecule has 36 heavy (non-hydrogen) atoms. The summed E-state index contributed by atoms with van der Waals surface area (Å²) in [6, 6.07) is 13.0. The molecule has 5 rings (SSSR count). The van der Waals surface area contributed by atoms with Crippen molar-refractivity contribution in [2.45, 2.75) is 0 Å². The van der Waals surface area contributed by atoms with E-state index in [0.29, 0.717) is 28.8 Å². The molecule has 1 saturated heterocycles. The lowest BCUT2D eigenvalue weighted by Crippen LogP contribution is -2.48. The lowest BCUT2D eigenvalue weighted by Gasteiger charge is -2.36. The first-order valence-corrected chi connectivity index (χ1v) is 11.7. The number of aliphatic carboxylic acids is 1. The number of hydrogen-bond donors (Lipinski definition) is 2.